The van der Waals surface area contributed by atoms with Gasteiger partial charge in [0.1, 0.15) is 11.8 Å². The van der Waals surface area contributed by atoms with Gasteiger partial charge in [-0.15, -0.1) is 0 Å². The lowest BCUT2D eigenvalue weighted by atomic mass is 9.47. The molecule has 0 heterocycles. The van der Waals surface area contributed by atoms with E-state index < -0.39 is 12.0 Å². The van der Waals surface area contributed by atoms with Crippen LogP contribution in [-0.4, -0.2) is 29.6 Å². The number of nitrogens with one attached hydrogen (secondary N) is 1. The minimum Gasteiger partial charge on any atom is -0.484 e. The van der Waals surface area contributed by atoms with Crippen molar-refractivity contribution in [1.29, 1.82) is 0 Å². The lowest BCUT2D eigenvalue weighted by molar-refractivity contribution is -0.154. The Morgan fingerprint density at radius 1 is 1.08 bits per heavy atom. The minimum atomic E-state index is -0.907. The van der Waals surface area contributed by atoms with E-state index in [9.17, 15) is 14.7 Å². The van der Waals surface area contributed by atoms with Crippen molar-refractivity contribution >= 4 is 11.9 Å². The number of para-hydroxylation sites is 1. The molecule has 0 radical (unpaired) electrons. The number of rotatable bonds is 6. The summed E-state index contributed by atoms with van der Waals surface area (Å²) in [5.41, 5.74) is -0.261. The summed E-state index contributed by atoms with van der Waals surface area (Å²) in [6.07, 6.45) is 6.56. The molecule has 4 aliphatic rings. The van der Waals surface area contributed by atoms with E-state index in [0.717, 1.165) is 19.3 Å². The summed E-state index contributed by atoms with van der Waals surface area (Å²) in [5.74, 6) is 1.28. The second-order valence-corrected chi connectivity index (χ2v) is 8.22. The van der Waals surface area contributed by atoms with Gasteiger partial charge in [0.2, 0.25) is 0 Å². The Balaban J connectivity index is 1.43. The quantitative estimate of drug-likeness (QED) is 0.833. The predicted octanol–water partition coefficient (Wildman–Crippen LogP) is 2.85. The largest absolute Gasteiger partial charge is 0.484 e. The summed E-state index contributed by atoms with van der Waals surface area (Å²) in [5, 5.41) is 12.6. The molecule has 5 nitrogen and oxygen atoms in total. The number of ether oxygens (including phenoxy) is 1. The zero-order valence-electron chi connectivity index (χ0n) is 14.3. The number of carbonyl (C=O) groups excluding carboxylic acids is 1. The minimum absolute atomic E-state index is 0.153. The maximum Gasteiger partial charge on any atom is 0.326 e. The first kappa shape index (κ1) is 16.4. The molecule has 0 aliphatic heterocycles. The summed E-state index contributed by atoms with van der Waals surface area (Å²) < 4.78 is 5.46. The Kier molecular flexibility index (Phi) is 4.18. The standard InChI is InChI=1S/C20H25NO4/c22-17(12-25-16-4-2-1-3-5-16)21-18(19(23)24)20-9-13-6-14(10-20)8-15(7-13)11-20/h1-5,13-15,18H,6-12H2,(H,21,22)(H,23,24)/t13?,14?,15?,18-,20?/m1/s1. The first-order chi connectivity index (χ1) is 12.0. The summed E-state index contributed by atoms with van der Waals surface area (Å²) >= 11 is 0. The zero-order chi connectivity index (χ0) is 17.4. The fraction of sp³-hybridized carbons (Fsp3) is 0.600. The number of hydrogen-bond donors (Lipinski definition) is 2. The van der Waals surface area contributed by atoms with Crippen molar-refractivity contribution in [3.05, 3.63) is 30.3 Å². The van der Waals surface area contributed by atoms with Crippen LogP contribution in [0.1, 0.15) is 38.5 Å². The van der Waals surface area contributed by atoms with E-state index in [0.29, 0.717) is 23.5 Å². The third-order valence-corrected chi connectivity index (χ3v) is 6.36. The molecule has 5 heteroatoms. The monoisotopic (exact) mass is 343 g/mol. The van der Waals surface area contributed by atoms with Crippen LogP contribution >= 0.6 is 0 Å². The molecule has 4 bridgehead atoms. The molecule has 134 valence electrons. The van der Waals surface area contributed by atoms with Gasteiger partial charge >= 0.3 is 5.97 Å². The second kappa shape index (κ2) is 6.36. The van der Waals surface area contributed by atoms with Crippen molar-refractivity contribution in [2.75, 3.05) is 6.61 Å². The summed E-state index contributed by atoms with van der Waals surface area (Å²) in [6, 6.07) is 8.31. The van der Waals surface area contributed by atoms with Crippen LogP contribution in [0.2, 0.25) is 0 Å². The average molecular weight is 343 g/mol. The Hall–Kier alpha value is -2.04. The molecule has 0 unspecified atom stereocenters. The molecule has 0 spiro atoms. The molecule has 4 fully saturated rings. The van der Waals surface area contributed by atoms with Gasteiger partial charge in [0.05, 0.1) is 0 Å². The van der Waals surface area contributed by atoms with Crippen molar-refractivity contribution in [2.24, 2.45) is 23.2 Å². The topological polar surface area (TPSA) is 75.6 Å². The third kappa shape index (κ3) is 3.24. The Morgan fingerprint density at radius 3 is 2.16 bits per heavy atom. The predicted molar refractivity (Wildman–Crippen MR) is 92.1 cm³/mol. The number of carboxylic acids is 1. The lowest BCUT2D eigenvalue weighted by Gasteiger charge is -2.58. The third-order valence-electron chi connectivity index (χ3n) is 6.36. The molecule has 2 N–H and O–H groups in total. The highest BCUT2D eigenvalue weighted by Crippen LogP contribution is 2.61. The van der Waals surface area contributed by atoms with Crippen LogP contribution in [0, 0.1) is 23.2 Å². The van der Waals surface area contributed by atoms with E-state index in [-0.39, 0.29) is 17.9 Å². The fourth-order valence-corrected chi connectivity index (χ4v) is 5.88. The smallest absolute Gasteiger partial charge is 0.326 e. The zero-order valence-corrected chi connectivity index (χ0v) is 14.3. The summed E-state index contributed by atoms with van der Waals surface area (Å²) in [6.45, 7) is -0.153. The number of carboxylic acid groups (broad SMARTS) is 1. The van der Waals surface area contributed by atoms with Crippen LogP contribution in [0.5, 0.6) is 5.75 Å². The van der Waals surface area contributed by atoms with Gasteiger partial charge in [0.25, 0.3) is 5.91 Å². The average Bonchev–Trinajstić information content (AvgIpc) is 2.57. The molecule has 4 aliphatic carbocycles. The van der Waals surface area contributed by atoms with Gasteiger partial charge in [-0.3, -0.25) is 4.79 Å². The summed E-state index contributed by atoms with van der Waals surface area (Å²) in [7, 11) is 0. The van der Waals surface area contributed by atoms with Gasteiger partial charge in [-0.05, 0) is 68.4 Å². The fourth-order valence-electron chi connectivity index (χ4n) is 5.88. The first-order valence-electron chi connectivity index (χ1n) is 9.24. The lowest BCUT2D eigenvalue weighted by Crippen LogP contribution is -2.60. The van der Waals surface area contributed by atoms with Crippen LogP contribution < -0.4 is 10.1 Å². The number of carbonyl (C=O) groups is 2. The maximum absolute atomic E-state index is 12.3. The van der Waals surface area contributed by atoms with Gasteiger partial charge in [-0.2, -0.15) is 0 Å². The highest BCUT2D eigenvalue weighted by molar-refractivity contribution is 5.85. The number of hydrogen-bond acceptors (Lipinski definition) is 3. The van der Waals surface area contributed by atoms with E-state index >= 15 is 0 Å². The van der Waals surface area contributed by atoms with E-state index in [1.54, 1.807) is 12.1 Å². The van der Waals surface area contributed by atoms with E-state index in [1.807, 2.05) is 18.2 Å². The molecule has 5 rings (SSSR count). The van der Waals surface area contributed by atoms with E-state index in [2.05, 4.69) is 5.32 Å². The normalized spacial score (nSPS) is 33.7. The van der Waals surface area contributed by atoms with Gasteiger partial charge in [0.15, 0.2) is 6.61 Å². The number of aliphatic carboxylic acids is 1. The molecule has 1 aromatic carbocycles. The second-order valence-electron chi connectivity index (χ2n) is 8.22. The van der Waals surface area contributed by atoms with E-state index in [4.69, 9.17) is 4.74 Å². The Morgan fingerprint density at radius 2 is 1.64 bits per heavy atom. The van der Waals surface area contributed by atoms with Crippen LogP contribution in [0.3, 0.4) is 0 Å². The van der Waals surface area contributed by atoms with Gasteiger partial charge in [-0.1, -0.05) is 18.2 Å². The maximum atomic E-state index is 12.3. The number of amides is 1. The highest BCUT2D eigenvalue weighted by Gasteiger charge is 2.56. The molecule has 25 heavy (non-hydrogen) atoms. The number of benzene rings is 1. The Labute approximate surface area is 147 Å². The van der Waals surface area contributed by atoms with Crippen LogP contribution in [0.25, 0.3) is 0 Å². The SMILES string of the molecule is O=C(COc1ccccc1)N[C@H](C(=O)O)C12CC3CC(CC(C3)C1)C2. The molecule has 4 saturated carbocycles. The molecular formula is C20H25NO4. The highest BCUT2D eigenvalue weighted by atomic mass is 16.5. The van der Waals surface area contributed by atoms with Crippen LogP contribution in [0.15, 0.2) is 30.3 Å². The van der Waals surface area contributed by atoms with Gasteiger partial charge in [-0.25, -0.2) is 4.79 Å². The summed E-state index contributed by atoms with van der Waals surface area (Å²) in [4.78, 5) is 24.3. The molecule has 0 saturated heterocycles. The van der Waals surface area contributed by atoms with Crippen molar-refractivity contribution in [3.8, 4) is 5.75 Å². The van der Waals surface area contributed by atoms with Crippen LogP contribution in [0.4, 0.5) is 0 Å². The Bertz CT molecular complexity index is 622. The molecule has 1 atom stereocenters. The molecule has 1 aromatic rings. The van der Waals surface area contributed by atoms with Crippen LogP contribution in [-0.2, 0) is 9.59 Å². The van der Waals surface area contributed by atoms with Crippen molar-refractivity contribution < 1.29 is 19.4 Å². The van der Waals surface area contributed by atoms with Crippen molar-refractivity contribution in [3.63, 3.8) is 0 Å². The van der Waals surface area contributed by atoms with Crippen molar-refractivity contribution in [2.45, 2.75) is 44.6 Å². The first-order valence-corrected chi connectivity index (χ1v) is 9.24. The van der Waals surface area contributed by atoms with Crippen molar-refractivity contribution in [1.82, 2.24) is 5.32 Å². The molecule has 0 aromatic heterocycles. The van der Waals surface area contributed by atoms with E-state index in [1.165, 1.54) is 19.3 Å². The molecular weight excluding hydrogens is 318 g/mol. The van der Waals surface area contributed by atoms with Gasteiger partial charge in [0, 0.05) is 5.41 Å². The van der Waals surface area contributed by atoms with Gasteiger partial charge < -0.3 is 15.2 Å². The molecule has 1 amide bonds.